The summed E-state index contributed by atoms with van der Waals surface area (Å²) < 4.78 is 10.3. The zero-order valence-electron chi connectivity index (χ0n) is 12.8. The van der Waals surface area contributed by atoms with Gasteiger partial charge in [0.15, 0.2) is 11.5 Å². The van der Waals surface area contributed by atoms with Gasteiger partial charge < -0.3 is 14.5 Å². The SMILES string of the molecule is COCCNC(=O)c1c(C)oc2c1C(=O)c1ccccc1C2=O. The summed E-state index contributed by atoms with van der Waals surface area (Å²) in [5.74, 6) is -1.02. The Hall–Kier alpha value is -2.73. The molecule has 1 N–H and O–H groups in total. The second-order valence-electron chi connectivity index (χ2n) is 5.19. The minimum absolute atomic E-state index is 0.0427. The highest BCUT2D eigenvalue weighted by atomic mass is 16.5. The van der Waals surface area contributed by atoms with E-state index in [1.165, 1.54) is 7.11 Å². The molecule has 1 aliphatic carbocycles. The first-order valence-electron chi connectivity index (χ1n) is 7.15. The number of methoxy groups -OCH3 is 1. The maximum absolute atomic E-state index is 12.7. The molecule has 0 fully saturated rings. The molecule has 0 aliphatic heterocycles. The molecule has 3 rings (SSSR count). The van der Waals surface area contributed by atoms with Crippen LogP contribution in [0.5, 0.6) is 0 Å². The van der Waals surface area contributed by atoms with E-state index < -0.39 is 5.91 Å². The number of amides is 1. The second kappa shape index (κ2) is 5.81. The molecule has 0 spiro atoms. The molecule has 0 radical (unpaired) electrons. The van der Waals surface area contributed by atoms with E-state index in [1.54, 1.807) is 31.2 Å². The quantitative estimate of drug-likeness (QED) is 0.742. The van der Waals surface area contributed by atoms with Crippen molar-refractivity contribution in [2.75, 3.05) is 20.3 Å². The lowest BCUT2D eigenvalue weighted by atomic mass is 9.86. The molecule has 23 heavy (non-hydrogen) atoms. The summed E-state index contributed by atoms with van der Waals surface area (Å²) in [6.07, 6.45) is 0. The fraction of sp³-hybridized carbons (Fsp3) is 0.235. The molecule has 6 heteroatoms. The molecule has 0 saturated carbocycles. The molecular weight excluding hydrogens is 298 g/mol. The van der Waals surface area contributed by atoms with E-state index in [0.29, 0.717) is 18.7 Å². The Bertz CT molecular complexity index is 818. The first kappa shape index (κ1) is 15.2. The average molecular weight is 313 g/mol. The van der Waals surface area contributed by atoms with Gasteiger partial charge in [0.25, 0.3) is 5.91 Å². The Balaban J connectivity index is 2.06. The van der Waals surface area contributed by atoms with Crippen LogP contribution in [0.15, 0.2) is 28.7 Å². The number of hydrogen-bond acceptors (Lipinski definition) is 5. The molecule has 1 aliphatic rings. The predicted octanol–water partition coefficient (Wildman–Crippen LogP) is 1.74. The number of furan rings is 1. The third-order valence-electron chi connectivity index (χ3n) is 3.75. The van der Waals surface area contributed by atoms with Crippen molar-refractivity contribution >= 4 is 17.5 Å². The van der Waals surface area contributed by atoms with Crippen LogP contribution in [0, 0.1) is 6.92 Å². The monoisotopic (exact) mass is 313 g/mol. The Morgan fingerprint density at radius 1 is 1.17 bits per heavy atom. The number of carbonyl (C=O) groups is 3. The predicted molar refractivity (Wildman–Crippen MR) is 81.0 cm³/mol. The fourth-order valence-electron chi connectivity index (χ4n) is 2.69. The Morgan fingerprint density at radius 3 is 2.48 bits per heavy atom. The maximum atomic E-state index is 12.7. The number of rotatable bonds is 4. The summed E-state index contributed by atoms with van der Waals surface area (Å²) in [5, 5.41) is 2.65. The summed E-state index contributed by atoms with van der Waals surface area (Å²) >= 11 is 0. The zero-order chi connectivity index (χ0) is 16.6. The smallest absolute Gasteiger partial charge is 0.255 e. The Labute approximate surface area is 132 Å². The van der Waals surface area contributed by atoms with Crippen LogP contribution in [0.2, 0.25) is 0 Å². The van der Waals surface area contributed by atoms with E-state index in [4.69, 9.17) is 9.15 Å². The highest BCUT2D eigenvalue weighted by Crippen LogP contribution is 2.32. The van der Waals surface area contributed by atoms with Crippen LogP contribution in [-0.4, -0.2) is 37.7 Å². The van der Waals surface area contributed by atoms with E-state index in [9.17, 15) is 14.4 Å². The number of carbonyl (C=O) groups excluding carboxylic acids is 3. The van der Waals surface area contributed by atoms with Crippen LogP contribution in [0.1, 0.15) is 48.2 Å². The summed E-state index contributed by atoms with van der Waals surface area (Å²) in [7, 11) is 1.52. The van der Waals surface area contributed by atoms with Gasteiger partial charge in [0.05, 0.1) is 17.7 Å². The number of nitrogens with one attached hydrogen (secondary N) is 1. The molecule has 0 saturated heterocycles. The van der Waals surface area contributed by atoms with Crippen molar-refractivity contribution in [1.29, 1.82) is 0 Å². The topological polar surface area (TPSA) is 85.6 Å². The van der Waals surface area contributed by atoms with E-state index >= 15 is 0 Å². The lowest BCUT2D eigenvalue weighted by molar-refractivity contribution is 0.0925. The third-order valence-corrected chi connectivity index (χ3v) is 3.75. The van der Waals surface area contributed by atoms with Crippen LogP contribution in [0.25, 0.3) is 0 Å². The standard InChI is InChI=1S/C17H15NO5/c1-9-12(17(21)18-7-8-22-2)13-14(19)10-5-3-4-6-11(10)15(20)16(13)23-9/h3-6H,7-8H2,1-2H3,(H,18,21). The van der Waals surface area contributed by atoms with Crippen LogP contribution in [0.4, 0.5) is 0 Å². The highest BCUT2D eigenvalue weighted by molar-refractivity contribution is 6.30. The number of benzene rings is 1. The van der Waals surface area contributed by atoms with Gasteiger partial charge in [-0.2, -0.15) is 0 Å². The van der Waals surface area contributed by atoms with E-state index in [-0.39, 0.29) is 39.8 Å². The van der Waals surface area contributed by atoms with Gasteiger partial charge in [0.1, 0.15) is 5.76 Å². The minimum atomic E-state index is -0.454. The summed E-state index contributed by atoms with van der Waals surface area (Å²) in [5.41, 5.74) is 0.743. The van der Waals surface area contributed by atoms with Gasteiger partial charge >= 0.3 is 0 Å². The molecule has 118 valence electrons. The van der Waals surface area contributed by atoms with Crippen molar-refractivity contribution < 1.29 is 23.5 Å². The Kier molecular flexibility index (Phi) is 3.83. The van der Waals surface area contributed by atoms with Gasteiger partial charge in [-0.25, -0.2) is 0 Å². The summed E-state index contributed by atoms with van der Waals surface area (Å²) in [6.45, 7) is 2.21. The second-order valence-corrected chi connectivity index (χ2v) is 5.19. The number of hydrogen-bond donors (Lipinski definition) is 1. The van der Waals surface area contributed by atoms with Crippen molar-refractivity contribution in [3.8, 4) is 0 Å². The molecule has 1 amide bonds. The van der Waals surface area contributed by atoms with Gasteiger partial charge in [-0.05, 0) is 6.92 Å². The minimum Gasteiger partial charge on any atom is -0.456 e. The van der Waals surface area contributed by atoms with Crippen molar-refractivity contribution in [2.45, 2.75) is 6.92 Å². The van der Waals surface area contributed by atoms with Gasteiger partial charge in [0.2, 0.25) is 5.78 Å². The molecule has 0 atom stereocenters. The van der Waals surface area contributed by atoms with Crippen molar-refractivity contribution in [2.24, 2.45) is 0 Å². The molecule has 1 aromatic carbocycles. The molecule has 1 heterocycles. The Morgan fingerprint density at radius 2 is 1.83 bits per heavy atom. The summed E-state index contributed by atoms with van der Waals surface area (Å²) in [6, 6.07) is 6.52. The van der Waals surface area contributed by atoms with Crippen molar-refractivity contribution in [3.05, 3.63) is 58.0 Å². The average Bonchev–Trinajstić information content (AvgIpc) is 2.90. The van der Waals surface area contributed by atoms with Crippen LogP contribution < -0.4 is 5.32 Å². The number of ketones is 2. The first-order chi connectivity index (χ1) is 11.1. The normalized spacial score (nSPS) is 12.8. The highest BCUT2D eigenvalue weighted by Gasteiger charge is 2.38. The van der Waals surface area contributed by atoms with Crippen LogP contribution in [-0.2, 0) is 4.74 Å². The third kappa shape index (κ3) is 2.37. The maximum Gasteiger partial charge on any atom is 0.255 e. The molecule has 0 unspecified atom stereocenters. The first-order valence-corrected chi connectivity index (χ1v) is 7.15. The van der Waals surface area contributed by atoms with Crippen LogP contribution in [0.3, 0.4) is 0 Å². The lowest BCUT2D eigenvalue weighted by Gasteiger charge is -2.13. The number of ether oxygens (including phenoxy) is 1. The fourth-order valence-corrected chi connectivity index (χ4v) is 2.69. The van der Waals surface area contributed by atoms with Gasteiger partial charge in [-0.1, -0.05) is 24.3 Å². The van der Waals surface area contributed by atoms with E-state index in [2.05, 4.69) is 5.32 Å². The van der Waals surface area contributed by atoms with Crippen LogP contribution >= 0.6 is 0 Å². The molecular formula is C17H15NO5. The zero-order valence-corrected chi connectivity index (χ0v) is 12.8. The van der Waals surface area contributed by atoms with Gasteiger partial charge in [-0.15, -0.1) is 0 Å². The van der Waals surface area contributed by atoms with Crippen molar-refractivity contribution in [3.63, 3.8) is 0 Å². The van der Waals surface area contributed by atoms with Gasteiger partial charge in [0, 0.05) is 24.8 Å². The molecule has 1 aromatic heterocycles. The van der Waals surface area contributed by atoms with Gasteiger partial charge in [-0.3, -0.25) is 14.4 Å². The summed E-state index contributed by atoms with van der Waals surface area (Å²) in [4.78, 5) is 37.6. The number of fused-ring (bicyclic) bond motifs is 2. The van der Waals surface area contributed by atoms with E-state index in [1.807, 2.05) is 0 Å². The number of aryl methyl sites for hydroxylation is 1. The van der Waals surface area contributed by atoms with Crippen molar-refractivity contribution in [1.82, 2.24) is 5.32 Å². The largest absolute Gasteiger partial charge is 0.456 e. The van der Waals surface area contributed by atoms with E-state index in [0.717, 1.165) is 0 Å². The molecule has 6 nitrogen and oxygen atoms in total. The molecule has 2 aromatic rings. The lowest BCUT2D eigenvalue weighted by Crippen LogP contribution is -2.30. The molecule has 0 bridgehead atoms.